The van der Waals surface area contributed by atoms with E-state index in [-0.39, 0.29) is 6.03 Å². The first-order chi connectivity index (χ1) is 13.7. The molecule has 3 aromatic rings. The quantitative estimate of drug-likeness (QED) is 0.652. The van der Waals surface area contributed by atoms with E-state index >= 15 is 0 Å². The van der Waals surface area contributed by atoms with Crippen molar-refractivity contribution >= 4 is 11.7 Å². The van der Waals surface area contributed by atoms with E-state index < -0.39 is 0 Å². The number of carbonyl (C=O) groups is 1. The Morgan fingerprint density at radius 3 is 2.64 bits per heavy atom. The predicted octanol–water partition coefficient (Wildman–Crippen LogP) is 3.80. The van der Waals surface area contributed by atoms with Crippen molar-refractivity contribution in [3.8, 4) is 22.8 Å². The van der Waals surface area contributed by atoms with Crippen LogP contribution in [0.3, 0.4) is 0 Å². The van der Waals surface area contributed by atoms with Crippen LogP contribution in [0.4, 0.5) is 10.5 Å². The molecule has 0 spiro atoms. The molecular formula is C21H21N3O4. The number of benzene rings is 2. The third kappa shape index (κ3) is 3.26. The van der Waals surface area contributed by atoms with Gasteiger partial charge in [0.2, 0.25) is 0 Å². The lowest BCUT2D eigenvalue weighted by Crippen LogP contribution is -2.31. The molecule has 144 valence electrons. The maximum absolute atomic E-state index is 13.0. The number of carbonyl (C=O) groups excluding carboxylic acids is 1. The van der Waals surface area contributed by atoms with Crippen LogP contribution in [0, 0.1) is 0 Å². The number of hydrogen-bond acceptors (Lipinski definition) is 5. The van der Waals surface area contributed by atoms with Gasteiger partial charge >= 0.3 is 6.03 Å². The maximum atomic E-state index is 13.0. The van der Waals surface area contributed by atoms with Gasteiger partial charge in [-0.25, -0.2) is 9.78 Å². The van der Waals surface area contributed by atoms with E-state index in [4.69, 9.17) is 13.9 Å². The number of urea groups is 1. The summed E-state index contributed by atoms with van der Waals surface area (Å²) in [5.41, 5.74) is 2.56. The van der Waals surface area contributed by atoms with Crippen molar-refractivity contribution in [2.75, 3.05) is 32.2 Å². The van der Waals surface area contributed by atoms with Crippen LogP contribution in [-0.2, 0) is 6.54 Å². The van der Waals surface area contributed by atoms with Gasteiger partial charge in [0.25, 0.3) is 0 Å². The molecule has 4 rings (SSSR count). The van der Waals surface area contributed by atoms with E-state index in [9.17, 15) is 4.79 Å². The second kappa shape index (κ2) is 7.64. The highest BCUT2D eigenvalue weighted by Gasteiger charge is 2.30. The van der Waals surface area contributed by atoms with Gasteiger partial charge in [-0.3, -0.25) is 4.90 Å². The zero-order valence-corrected chi connectivity index (χ0v) is 15.8. The van der Waals surface area contributed by atoms with Gasteiger partial charge in [-0.1, -0.05) is 18.2 Å². The molecule has 1 saturated heterocycles. The molecule has 1 aliphatic heterocycles. The monoisotopic (exact) mass is 379 g/mol. The predicted molar refractivity (Wildman–Crippen MR) is 105 cm³/mol. The Kier molecular flexibility index (Phi) is 4.89. The first-order valence-corrected chi connectivity index (χ1v) is 8.96. The Hall–Kier alpha value is -3.48. The fourth-order valence-electron chi connectivity index (χ4n) is 3.41. The summed E-state index contributed by atoms with van der Waals surface area (Å²) >= 11 is 0. The van der Waals surface area contributed by atoms with Gasteiger partial charge in [0.05, 0.1) is 32.5 Å². The summed E-state index contributed by atoms with van der Waals surface area (Å²) in [4.78, 5) is 20.5. The van der Waals surface area contributed by atoms with Crippen molar-refractivity contribution in [1.29, 1.82) is 0 Å². The minimum atomic E-state index is -0.0413. The largest absolute Gasteiger partial charge is 0.496 e. The van der Waals surface area contributed by atoms with E-state index in [1.54, 1.807) is 25.3 Å². The van der Waals surface area contributed by atoms with Gasteiger partial charge < -0.3 is 18.8 Å². The molecule has 0 atom stereocenters. The molecule has 7 heteroatoms. The average molecular weight is 379 g/mol. The summed E-state index contributed by atoms with van der Waals surface area (Å²) < 4.78 is 16.3. The molecule has 2 heterocycles. The van der Waals surface area contributed by atoms with E-state index in [1.807, 2.05) is 47.4 Å². The first kappa shape index (κ1) is 17.9. The second-order valence-corrected chi connectivity index (χ2v) is 6.42. The van der Waals surface area contributed by atoms with Gasteiger partial charge in [0, 0.05) is 30.4 Å². The van der Waals surface area contributed by atoms with Crippen molar-refractivity contribution in [3.05, 3.63) is 60.6 Å². The number of oxazole rings is 1. The Morgan fingerprint density at radius 1 is 1.07 bits per heavy atom. The third-order valence-corrected chi connectivity index (χ3v) is 4.84. The fourth-order valence-corrected chi connectivity index (χ4v) is 3.41. The number of rotatable bonds is 6. The van der Waals surface area contributed by atoms with Crippen molar-refractivity contribution < 1.29 is 18.7 Å². The Labute approximate surface area is 163 Å². The molecule has 7 nitrogen and oxygen atoms in total. The SMILES string of the molecule is COc1ccccc1CN1CCN(c2ccc(-c3cnco3)c(OC)c2)C1=O. The van der Waals surface area contributed by atoms with Crippen molar-refractivity contribution in [1.82, 2.24) is 9.88 Å². The molecule has 2 aromatic carbocycles. The molecule has 0 unspecified atom stereocenters. The molecule has 0 aliphatic carbocycles. The first-order valence-electron chi connectivity index (χ1n) is 8.96. The number of ether oxygens (including phenoxy) is 2. The number of methoxy groups -OCH3 is 2. The lowest BCUT2D eigenvalue weighted by molar-refractivity contribution is 0.218. The molecule has 1 aromatic heterocycles. The zero-order chi connectivity index (χ0) is 19.5. The summed E-state index contributed by atoms with van der Waals surface area (Å²) in [6.45, 7) is 1.76. The molecule has 2 amide bonds. The van der Waals surface area contributed by atoms with E-state index in [0.717, 1.165) is 22.6 Å². The molecule has 0 N–H and O–H groups in total. The minimum Gasteiger partial charge on any atom is -0.496 e. The third-order valence-electron chi connectivity index (χ3n) is 4.84. The normalized spacial score (nSPS) is 13.9. The smallest absolute Gasteiger partial charge is 0.324 e. The van der Waals surface area contributed by atoms with Crippen LogP contribution >= 0.6 is 0 Å². The Morgan fingerprint density at radius 2 is 1.89 bits per heavy atom. The average Bonchev–Trinajstić information content (AvgIpc) is 3.39. The molecule has 1 fully saturated rings. The number of anilines is 1. The Balaban J connectivity index is 1.55. The lowest BCUT2D eigenvalue weighted by atomic mass is 10.1. The highest BCUT2D eigenvalue weighted by atomic mass is 16.5. The van der Waals surface area contributed by atoms with Crippen molar-refractivity contribution in [2.24, 2.45) is 0 Å². The minimum absolute atomic E-state index is 0.0413. The van der Waals surface area contributed by atoms with Crippen molar-refractivity contribution in [2.45, 2.75) is 6.54 Å². The number of hydrogen-bond donors (Lipinski definition) is 0. The van der Waals surface area contributed by atoms with Gasteiger partial charge in [-0.05, 0) is 18.2 Å². The Bertz CT molecular complexity index is 972. The standard InChI is InChI=1S/C21H21N3O4/c1-26-18-6-4-3-5-15(18)13-23-9-10-24(21(23)25)16-7-8-17(19(11-16)27-2)20-12-22-14-28-20/h3-8,11-12,14H,9-10,13H2,1-2H3. The summed E-state index contributed by atoms with van der Waals surface area (Å²) in [6.07, 6.45) is 3.01. The summed E-state index contributed by atoms with van der Waals surface area (Å²) in [5.74, 6) is 2.03. The summed E-state index contributed by atoms with van der Waals surface area (Å²) in [6, 6.07) is 13.3. The second-order valence-electron chi connectivity index (χ2n) is 6.42. The number of para-hydroxylation sites is 1. The van der Waals surface area contributed by atoms with Crippen LogP contribution in [0.25, 0.3) is 11.3 Å². The highest BCUT2D eigenvalue weighted by Crippen LogP contribution is 2.34. The van der Waals surface area contributed by atoms with Crippen LogP contribution in [0.5, 0.6) is 11.5 Å². The lowest BCUT2D eigenvalue weighted by Gasteiger charge is -2.20. The van der Waals surface area contributed by atoms with E-state index in [0.29, 0.717) is 31.1 Å². The van der Waals surface area contributed by atoms with Gasteiger partial charge in [-0.2, -0.15) is 0 Å². The molecular weight excluding hydrogens is 358 g/mol. The molecule has 0 radical (unpaired) electrons. The fraction of sp³-hybridized carbons (Fsp3) is 0.238. The highest BCUT2D eigenvalue weighted by molar-refractivity contribution is 5.94. The van der Waals surface area contributed by atoms with Crippen LogP contribution in [0.2, 0.25) is 0 Å². The molecule has 0 bridgehead atoms. The molecule has 28 heavy (non-hydrogen) atoms. The van der Waals surface area contributed by atoms with Crippen LogP contribution in [0.15, 0.2) is 59.5 Å². The van der Waals surface area contributed by atoms with Crippen LogP contribution in [-0.4, -0.2) is 43.2 Å². The van der Waals surface area contributed by atoms with Gasteiger partial charge in [0.1, 0.15) is 11.5 Å². The topological polar surface area (TPSA) is 68.0 Å². The number of nitrogens with zero attached hydrogens (tertiary/aromatic N) is 3. The number of amides is 2. The summed E-state index contributed by atoms with van der Waals surface area (Å²) in [7, 11) is 3.23. The van der Waals surface area contributed by atoms with E-state index in [1.165, 1.54) is 6.39 Å². The molecule has 1 aliphatic rings. The van der Waals surface area contributed by atoms with Gasteiger partial charge in [-0.15, -0.1) is 0 Å². The van der Waals surface area contributed by atoms with Crippen LogP contribution in [0.1, 0.15) is 5.56 Å². The molecule has 0 saturated carbocycles. The number of aromatic nitrogens is 1. The van der Waals surface area contributed by atoms with E-state index in [2.05, 4.69) is 4.98 Å². The maximum Gasteiger partial charge on any atom is 0.324 e. The van der Waals surface area contributed by atoms with Gasteiger partial charge in [0.15, 0.2) is 12.2 Å². The van der Waals surface area contributed by atoms with Crippen molar-refractivity contribution in [3.63, 3.8) is 0 Å². The zero-order valence-electron chi connectivity index (χ0n) is 15.8. The van der Waals surface area contributed by atoms with Crippen LogP contribution < -0.4 is 14.4 Å². The summed E-state index contributed by atoms with van der Waals surface area (Å²) in [5, 5.41) is 0.